The van der Waals surface area contributed by atoms with Crippen LogP contribution in [-0.4, -0.2) is 36.5 Å². The standard InChI is InChI=1S/C7H5F3N2O4S2/c8-7(9,10)18(13,14)16-5-3-4-6(12-11-5)17-2-1-15-4/h3H,1-2H2. The third-order valence-corrected chi connectivity index (χ3v) is 3.65. The molecule has 0 unspecified atom stereocenters. The molecule has 2 rings (SSSR count). The van der Waals surface area contributed by atoms with Gasteiger partial charge in [-0.15, -0.1) is 10.2 Å². The lowest BCUT2D eigenvalue weighted by Gasteiger charge is -2.15. The predicted molar refractivity (Wildman–Crippen MR) is 53.9 cm³/mol. The number of halogens is 3. The second kappa shape index (κ2) is 4.46. The number of ether oxygens (including phenoxy) is 1. The molecule has 11 heteroatoms. The van der Waals surface area contributed by atoms with Crippen molar-refractivity contribution in [2.75, 3.05) is 12.4 Å². The van der Waals surface area contributed by atoms with Gasteiger partial charge >= 0.3 is 15.6 Å². The number of fused-ring (bicyclic) bond motifs is 1. The number of aromatic nitrogens is 2. The highest BCUT2D eigenvalue weighted by Gasteiger charge is 2.49. The lowest BCUT2D eigenvalue weighted by atomic mass is 10.5. The highest BCUT2D eigenvalue weighted by molar-refractivity contribution is 7.99. The van der Waals surface area contributed by atoms with E-state index >= 15 is 0 Å². The van der Waals surface area contributed by atoms with Crippen molar-refractivity contribution in [3.63, 3.8) is 0 Å². The lowest BCUT2D eigenvalue weighted by molar-refractivity contribution is -0.0501. The van der Waals surface area contributed by atoms with Crippen LogP contribution in [0.3, 0.4) is 0 Å². The number of alkyl halides is 3. The second-order valence-electron chi connectivity index (χ2n) is 3.03. The topological polar surface area (TPSA) is 78.4 Å². The summed E-state index contributed by atoms with van der Waals surface area (Å²) in [5, 5.41) is 7.13. The Morgan fingerprint density at radius 3 is 2.78 bits per heavy atom. The Morgan fingerprint density at radius 1 is 1.39 bits per heavy atom. The summed E-state index contributed by atoms with van der Waals surface area (Å²) in [6.07, 6.45) is 0. The van der Waals surface area contributed by atoms with Gasteiger partial charge in [0.2, 0.25) is 0 Å². The number of thioether (sulfide) groups is 1. The van der Waals surface area contributed by atoms with E-state index in [2.05, 4.69) is 14.4 Å². The molecule has 2 heterocycles. The molecule has 0 fully saturated rings. The zero-order valence-corrected chi connectivity index (χ0v) is 10.1. The number of hydrogen-bond acceptors (Lipinski definition) is 7. The van der Waals surface area contributed by atoms with Gasteiger partial charge in [0, 0.05) is 11.8 Å². The zero-order chi connectivity index (χ0) is 13.4. The Hall–Kier alpha value is -1.23. The van der Waals surface area contributed by atoms with E-state index in [-0.39, 0.29) is 5.75 Å². The molecule has 1 aromatic heterocycles. The van der Waals surface area contributed by atoms with E-state index in [1.165, 1.54) is 11.8 Å². The third kappa shape index (κ3) is 2.61. The first-order valence-corrected chi connectivity index (χ1v) is 6.83. The van der Waals surface area contributed by atoms with Crippen molar-refractivity contribution in [3.8, 4) is 11.6 Å². The third-order valence-electron chi connectivity index (χ3n) is 1.76. The fraction of sp³-hybridized carbons (Fsp3) is 0.429. The van der Waals surface area contributed by atoms with Crippen LogP contribution < -0.4 is 8.92 Å². The monoisotopic (exact) mass is 302 g/mol. The van der Waals surface area contributed by atoms with Gasteiger partial charge in [-0.3, -0.25) is 0 Å². The molecule has 1 aliphatic rings. The first-order valence-electron chi connectivity index (χ1n) is 4.44. The van der Waals surface area contributed by atoms with Crippen LogP contribution in [0.2, 0.25) is 0 Å². The average molecular weight is 302 g/mol. The summed E-state index contributed by atoms with van der Waals surface area (Å²) in [6, 6.07) is 0.956. The molecule has 0 spiro atoms. The first-order chi connectivity index (χ1) is 8.29. The first kappa shape index (κ1) is 13.2. The minimum Gasteiger partial charge on any atom is -0.490 e. The molecule has 0 bridgehead atoms. The van der Waals surface area contributed by atoms with Crippen molar-refractivity contribution >= 4 is 21.9 Å². The molecular formula is C7H5F3N2O4S2. The largest absolute Gasteiger partial charge is 0.534 e. The summed E-state index contributed by atoms with van der Waals surface area (Å²) in [6.45, 7) is 0.342. The summed E-state index contributed by atoms with van der Waals surface area (Å²) in [7, 11) is -5.74. The summed E-state index contributed by atoms with van der Waals surface area (Å²) in [4.78, 5) is 0. The molecule has 0 atom stereocenters. The molecule has 18 heavy (non-hydrogen) atoms. The maximum atomic E-state index is 12.1. The molecular weight excluding hydrogens is 297 g/mol. The fourth-order valence-corrected chi connectivity index (χ4v) is 2.16. The summed E-state index contributed by atoms with van der Waals surface area (Å²) in [5.41, 5.74) is -5.51. The molecule has 0 radical (unpaired) electrons. The van der Waals surface area contributed by atoms with Crippen LogP contribution in [0.25, 0.3) is 0 Å². The van der Waals surface area contributed by atoms with E-state index < -0.39 is 21.5 Å². The molecule has 1 aliphatic heterocycles. The Bertz CT molecular complexity index is 560. The van der Waals surface area contributed by atoms with Gasteiger partial charge in [-0.2, -0.15) is 21.6 Å². The molecule has 0 aromatic carbocycles. The average Bonchev–Trinajstić information content (AvgIpc) is 2.27. The SMILES string of the molecule is O=S(=O)(Oc1cc2c(nn1)SCCO2)C(F)(F)F. The molecule has 0 saturated carbocycles. The van der Waals surface area contributed by atoms with Gasteiger partial charge in [0.15, 0.2) is 10.8 Å². The molecule has 1 aromatic rings. The van der Waals surface area contributed by atoms with Gasteiger partial charge in [0.25, 0.3) is 5.88 Å². The maximum absolute atomic E-state index is 12.1. The van der Waals surface area contributed by atoms with Gasteiger partial charge in [-0.25, -0.2) is 0 Å². The summed E-state index contributed by atoms with van der Waals surface area (Å²) >= 11 is 1.30. The van der Waals surface area contributed by atoms with Crippen molar-refractivity contribution in [2.24, 2.45) is 0 Å². The normalized spacial score (nSPS) is 15.7. The number of hydrogen-bond donors (Lipinski definition) is 0. The van der Waals surface area contributed by atoms with Crippen LogP contribution in [0.15, 0.2) is 11.1 Å². The maximum Gasteiger partial charge on any atom is 0.534 e. The van der Waals surface area contributed by atoms with Crippen LogP contribution in [0.4, 0.5) is 13.2 Å². The van der Waals surface area contributed by atoms with Crippen molar-refractivity contribution in [3.05, 3.63) is 6.07 Å². The Morgan fingerprint density at radius 2 is 2.11 bits per heavy atom. The molecule has 0 saturated heterocycles. The second-order valence-corrected chi connectivity index (χ2v) is 5.65. The van der Waals surface area contributed by atoms with E-state index in [4.69, 9.17) is 4.74 Å². The van der Waals surface area contributed by atoms with Crippen molar-refractivity contribution in [1.29, 1.82) is 0 Å². The minimum absolute atomic E-state index is 0.147. The van der Waals surface area contributed by atoms with Crippen LogP contribution in [0, 0.1) is 0 Å². The predicted octanol–water partition coefficient (Wildman–Crippen LogP) is 1.19. The smallest absolute Gasteiger partial charge is 0.490 e. The highest BCUT2D eigenvalue weighted by Crippen LogP contribution is 2.33. The minimum atomic E-state index is -5.74. The van der Waals surface area contributed by atoms with E-state index in [0.717, 1.165) is 6.07 Å². The van der Waals surface area contributed by atoms with Crippen LogP contribution in [-0.2, 0) is 10.1 Å². The van der Waals surface area contributed by atoms with Crippen molar-refractivity contribution in [2.45, 2.75) is 10.5 Å². The van der Waals surface area contributed by atoms with Gasteiger partial charge < -0.3 is 8.92 Å². The van der Waals surface area contributed by atoms with Gasteiger partial charge in [0.05, 0.1) is 6.61 Å². The zero-order valence-electron chi connectivity index (χ0n) is 8.47. The molecule has 0 N–H and O–H groups in total. The number of nitrogens with zero attached hydrogens (tertiary/aromatic N) is 2. The number of rotatable bonds is 2. The highest BCUT2D eigenvalue weighted by atomic mass is 32.2. The molecule has 6 nitrogen and oxygen atoms in total. The van der Waals surface area contributed by atoms with Gasteiger partial charge in [-0.05, 0) is 0 Å². The molecule has 0 aliphatic carbocycles. The van der Waals surface area contributed by atoms with E-state index in [0.29, 0.717) is 17.4 Å². The van der Waals surface area contributed by atoms with Gasteiger partial charge in [-0.1, -0.05) is 11.8 Å². The van der Waals surface area contributed by atoms with E-state index in [1.54, 1.807) is 0 Å². The van der Waals surface area contributed by atoms with Crippen molar-refractivity contribution in [1.82, 2.24) is 10.2 Å². The summed E-state index contributed by atoms with van der Waals surface area (Å²) < 4.78 is 66.5. The van der Waals surface area contributed by atoms with Crippen molar-refractivity contribution < 1.29 is 30.5 Å². The van der Waals surface area contributed by atoms with Crippen LogP contribution in [0.1, 0.15) is 0 Å². The van der Waals surface area contributed by atoms with E-state index in [1.807, 2.05) is 0 Å². The fourth-order valence-electron chi connectivity index (χ4n) is 1.04. The quantitative estimate of drug-likeness (QED) is 0.599. The van der Waals surface area contributed by atoms with Gasteiger partial charge in [0.1, 0.15) is 0 Å². The lowest BCUT2D eigenvalue weighted by Crippen LogP contribution is -2.28. The van der Waals surface area contributed by atoms with Crippen LogP contribution in [0.5, 0.6) is 11.6 Å². The summed E-state index contributed by atoms with van der Waals surface area (Å²) in [5.74, 6) is -0.00914. The van der Waals surface area contributed by atoms with E-state index in [9.17, 15) is 21.6 Å². The molecule has 100 valence electrons. The Kier molecular flexibility index (Phi) is 3.27. The molecule has 0 amide bonds. The Labute approximate surface area is 104 Å². The van der Waals surface area contributed by atoms with Crippen LogP contribution >= 0.6 is 11.8 Å². The Balaban J connectivity index is 2.26.